The average molecular weight is 398 g/mol. The highest BCUT2D eigenvalue weighted by atomic mass is 35.5. The molecule has 0 aliphatic heterocycles. The fourth-order valence-electron chi connectivity index (χ4n) is 3.00. The predicted molar refractivity (Wildman–Crippen MR) is 105 cm³/mol. The molecular formula is C19H25Cl2N3O2. The lowest BCUT2D eigenvalue weighted by Crippen LogP contribution is -2.20. The van der Waals surface area contributed by atoms with Crippen molar-refractivity contribution in [1.82, 2.24) is 14.8 Å². The van der Waals surface area contributed by atoms with E-state index in [9.17, 15) is 4.79 Å². The Hall–Kier alpha value is -1.59. The maximum atomic E-state index is 12.9. The zero-order chi connectivity index (χ0) is 19.5. The summed E-state index contributed by atoms with van der Waals surface area (Å²) in [5, 5.41) is 5.15. The summed E-state index contributed by atoms with van der Waals surface area (Å²) < 4.78 is 6.67. The Morgan fingerprint density at radius 2 is 2.00 bits per heavy atom. The standard InChI is InChI=1S/C19H25Cl2N3O2/c1-6-26-18-22-17(14-8-7-13(20)10-15(14)21)24(23-18)16(25)9-12(2)11-19(3,4)5/h7-8,10,12H,6,9,11H2,1-5H3. The van der Waals surface area contributed by atoms with Crippen LogP contribution in [-0.2, 0) is 0 Å². The largest absolute Gasteiger partial charge is 0.463 e. The van der Waals surface area contributed by atoms with E-state index in [1.54, 1.807) is 18.2 Å². The van der Waals surface area contributed by atoms with Crippen LogP contribution in [0.15, 0.2) is 18.2 Å². The van der Waals surface area contributed by atoms with E-state index in [0.717, 1.165) is 6.42 Å². The third-order valence-electron chi connectivity index (χ3n) is 3.75. The van der Waals surface area contributed by atoms with E-state index in [4.69, 9.17) is 27.9 Å². The Bertz CT molecular complexity index is 782. The lowest BCUT2D eigenvalue weighted by atomic mass is 9.84. The van der Waals surface area contributed by atoms with Crippen LogP contribution in [0.3, 0.4) is 0 Å². The Morgan fingerprint density at radius 1 is 1.31 bits per heavy atom. The highest BCUT2D eigenvalue weighted by molar-refractivity contribution is 6.36. The van der Waals surface area contributed by atoms with Crippen LogP contribution in [0.25, 0.3) is 11.4 Å². The predicted octanol–water partition coefficient (Wildman–Crippen LogP) is 5.75. The minimum absolute atomic E-state index is 0.138. The van der Waals surface area contributed by atoms with Crippen molar-refractivity contribution in [2.45, 2.75) is 47.5 Å². The van der Waals surface area contributed by atoms with E-state index >= 15 is 0 Å². The van der Waals surface area contributed by atoms with Gasteiger partial charge in [0.15, 0.2) is 5.82 Å². The number of ether oxygens (including phenoxy) is 1. The monoisotopic (exact) mass is 397 g/mol. The Labute approximate surface area is 164 Å². The molecule has 1 aromatic heterocycles. The molecule has 2 aromatic rings. The summed E-state index contributed by atoms with van der Waals surface area (Å²) in [6, 6.07) is 5.21. The number of halogens is 2. The van der Waals surface area contributed by atoms with Gasteiger partial charge >= 0.3 is 6.01 Å². The molecule has 0 aliphatic carbocycles. The molecule has 1 aromatic carbocycles. The topological polar surface area (TPSA) is 57.0 Å². The molecule has 0 spiro atoms. The lowest BCUT2D eigenvalue weighted by molar-refractivity contribution is 0.0856. The van der Waals surface area contributed by atoms with Gasteiger partial charge in [0.25, 0.3) is 0 Å². The second kappa shape index (κ2) is 8.40. The van der Waals surface area contributed by atoms with Gasteiger partial charge in [0.2, 0.25) is 5.91 Å². The van der Waals surface area contributed by atoms with Gasteiger partial charge in [0, 0.05) is 17.0 Å². The second-order valence-corrected chi connectivity index (χ2v) is 8.50. The second-order valence-electron chi connectivity index (χ2n) is 7.65. The molecule has 1 unspecified atom stereocenters. The summed E-state index contributed by atoms with van der Waals surface area (Å²) in [5.41, 5.74) is 0.743. The summed E-state index contributed by atoms with van der Waals surface area (Å²) in [4.78, 5) is 17.2. The van der Waals surface area contributed by atoms with Crippen LogP contribution in [0.2, 0.25) is 10.0 Å². The van der Waals surface area contributed by atoms with Crippen molar-refractivity contribution in [3.05, 3.63) is 28.2 Å². The first kappa shape index (κ1) is 20.7. The van der Waals surface area contributed by atoms with E-state index in [0.29, 0.717) is 34.5 Å². The van der Waals surface area contributed by atoms with Crippen LogP contribution in [-0.4, -0.2) is 27.3 Å². The van der Waals surface area contributed by atoms with Crippen LogP contribution in [0.4, 0.5) is 0 Å². The SMILES string of the molecule is CCOc1nc(-c2ccc(Cl)cc2Cl)n(C(=O)CC(C)CC(C)(C)C)n1. The quantitative estimate of drug-likeness (QED) is 0.621. The number of hydrogen-bond acceptors (Lipinski definition) is 4. The van der Waals surface area contributed by atoms with Crippen molar-refractivity contribution >= 4 is 29.1 Å². The van der Waals surface area contributed by atoms with Gasteiger partial charge in [0.05, 0.1) is 11.6 Å². The zero-order valence-corrected chi connectivity index (χ0v) is 17.4. The van der Waals surface area contributed by atoms with Gasteiger partial charge < -0.3 is 4.74 Å². The van der Waals surface area contributed by atoms with E-state index in [1.807, 2.05) is 6.92 Å². The molecule has 0 saturated heterocycles. The molecule has 0 amide bonds. The first-order valence-electron chi connectivity index (χ1n) is 8.69. The molecule has 0 radical (unpaired) electrons. The Kier molecular flexibility index (Phi) is 6.69. The molecule has 26 heavy (non-hydrogen) atoms. The van der Waals surface area contributed by atoms with Gasteiger partial charge in [-0.3, -0.25) is 4.79 Å². The van der Waals surface area contributed by atoms with Crippen molar-refractivity contribution in [3.8, 4) is 17.4 Å². The van der Waals surface area contributed by atoms with Crippen molar-refractivity contribution in [2.24, 2.45) is 11.3 Å². The van der Waals surface area contributed by atoms with E-state index in [2.05, 4.69) is 37.8 Å². The number of hydrogen-bond donors (Lipinski definition) is 0. The molecular weight excluding hydrogens is 373 g/mol. The van der Waals surface area contributed by atoms with Crippen LogP contribution in [0.5, 0.6) is 6.01 Å². The van der Waals surface area contributed by atoms with Crippen molar-refractivity contribution in [3.63, 3.8) is 0 Å². The third kappa shape index (κ3) is 5.45. The van der Waals surface area contributed by atoms with Gasteiger partial charge in [-0.15, -0.1) is 5.10 Å². The number of carbonyl (C=O) groups is 1. The maximum Gasteiger partial charge on any atom is 0.336 e. The molecule has 142 valence electrons. The minimum Gasteiger partial charge on any atom is -0.463 e. The first-order valence-corrected chi connectivity index (χ1v) is 9.44. The molecule has 1 heterocycles. The molecule has 1 atom stereocenters. The fourth-order valence-corrected chi connectivity index (χ4v) is 3.50. The summed E-state index contributed by atoms with van der Waals surface area (Å²) in [5.74, 6) is 0.445. The van der Waals surface area contributed by atoms with Gasteiger partial charge in [-0.25, -0.2) is 0 Å². The zero-order valence-electron chi connectivity index (χ0n) is 15.8. The molecule has 0 fully saturated rings. The normalized spacial score (nSPS) is 12.9. The summed E-state index contributed by atoms with van der Waals surface area (Å²) >= 11 is 12.3. The molecule has 2 rings (SSSR count). The van der Waals surface area contributed by atoms with Gasteiger partial charge in [-0.05, 0) is 42.9 Å². The number of carbonyl (C=O) groups excluding carboxylic acids is 1. The van der Waals surface area contributed by atoms with Crippen LogP contribution < -0.4 is 4.74 Å². The summed E-state index contributed by atoms with van der Waals surface area (Å²) in [6.07, 6.45) is 1.30. The smallest absolute Gasteiger partial charge is 0.336 e. The Morgan fingerprint density at radius 3 is 2.58 bits per heavy atom. The van der Waals surface area contributed by atoms with Crippen LogP contribution in [0.1, 0.15) is 52.3 Å². The van der Waals surface area contributed by atoms with E-state index in [-0.39, 0.29) is 23.3 Å². The van der Waals surface area contributed by atoms with Crippen molar-refractivity contribution in [2.75, 3.05) is 6.61 Å². The highest BCUT2D eigenvalue weighted by Gasteiger charge is 2.24. The average Bonchev–Trinajstić information content (AvgIpc) is 2.89. The molecule has 7 heteroatoms. The van der Waals surface area contributed by atoms with Gasteiger partial charge in [0.1, 0.15) is 0 Å². The third-order valence-corrected chi connectivity index (χ3v) is 4.30. The van der Waals surface area contributed by atoms with Gasteiger partial charge in [-0.1, -0.05) is 50.9 Å². The van der Waals surface area contributed by atoms with Crippen LogP contribution in [0, 0.1) is 11.3 Å². The molecule has 0 bridgehead atoms. The Balaban J connectivity index is 2.36. The minimum atomic E-state index is -0.138. The van der Waals surface area contributed by atoms with Gasteiger partial charge in [-0.2, -0.15) is 9.67 Å². The molecule has 0 saturated carbocycles. The molecule has 0 N–H and O–H groups in total. The molecule has 5 nitrogen and oxygen atoms in total. The molecule has 0 aliphatic rings. The lowest BCUT2D eigenvalue weighted by Gasteiger charge is -2.22. The fraction of sp³-hybridized carbons (Fsp3) is 0.526. The van der Waals surface area contributed by atoms with E-state index < -0.39 is 0 Å². The first-order chi connectivity index (χ1) is 12.1. The maximum absolute atomic E-state index is 12.9. The van der Waals surface area contributed by atoms with E-state index in [1.165, 1.54) is 4.68 Å². The summed E-state index contributed by atoms with van der Waals surface area (Å²) in [7, 11) is 0. The van der Waals surface area contributed by atoms with Crippen LogP contribution >= 0.6 is 23.2 Å². The number of benzene rings is 1. The number of aromatic nitrogens is 3. The van der Waals surface area contributed by atoms with Crippen molar-refractivity contribution < 1.29 is 9.53 Å². The highest BCUT2D eigenvalue weighted by Crippen LogP contribution is 2.31. The number of nitrogens with zero attached hydrogens (tertiary/aromatic N) is 3. The van der Waals surface area contributed by atoms with Crippen molar-refractivity contribution in [1.29, 1.82) is 0 Å². The summed E-state index contributed by atoms with van der Waals surface area (Å²) in [6.45, 7) is 10.8. The number of rotatable bonds is 6.